The van der Waals surface area contributed by atoms with Crippen LogP contribution < -0.4 is 0 Å². The van der Waals surface area contributed by atoms with E-state index in [1.165, 1.54) is 17.3 Å². The fourth-order valence-electron chi connectivity index (χ4n) is 3.21. The van der Waals surface area contributed by atoms with Crippen LogP contribution in [0.2, 0.25) is 0 Å². The molecule has 5 heteroatoms. The summed E-state index contributed by atoms with van der Waals surface area (Å²) >= 11 is 1.42. The van der Waals surface area contributed by atoms with Crippen molar-refractivity contribution in [2.75, 3.05) is 12.4 Å². The summed E-state index contributed by atoms with van der Waals surface area (Å²) in [7, 11) is 0. The summed E-state index contributed by atoms with van der Waals surface area (Å²) in [4.78, 5) is 25.7. The fraction of sp³-hybridized carbons (Fsp3) is 0.250. The fourth-order valence-corrected chi connectivity index (χ4v) is 4.04. The molecule has 0 aliphatic heterocycles. The largest absolute Gasteiger partial charge is 0.457 e. The quantitative estimate of drug-likeness (QED) is 0.300. The van der Waals surface area contributed by atoms with Gasteiger partial charge in [-0.1, -0.05) is 48.5 Å². The molecule has 0 spiro atoms. The third-order valence-corrected chi connectivity index (χ3v) is 6.01. The molecule has 0 N–H and O–H groups in total. The number of benzene rings is 2. The highest BCUT2D eigenvalue weighted by Crippen LogP contribution is 2.22. The second kappa shape index (κ2) is 9.61. The molecule has 150 valence electrons. The molecule has 1 heterocycles. The Morgan fingerprint density at radius 2 is 1.66 bits per heavy atom. The molecule has 0 aliphatic rings. The molecule has 4 nitrogen and oxygen atoms in total. The van der Waals surface area contributed by atoms with Gasteiger partial charge < -0.3 is 9.30 Å². The zero-order chi connectivity index (χ0) is 20.8. The molecule has 0 atom stereocenters. The summed E-state index contributed by atoms with van der Waals surface area (Å²) in [5.41, 5.74) is 4.80. The van der Waals surface area contributed by atoms with E-state index in [9.17, 15) is 9.59 Å². The molecule has 0 unspecified atom stereocenters. The molecule has 1 aromatic heterocycles. The van der Waals surface area contributed by atoms with Crippen LogP contribution in [0.5, 0.6) is 0 Å². The lowest BCUT2D eigenvalue weighted by molar-refractivity contribution is -0.139. The highest BCUT2D eigenvalue weighted by Gasteiger charge is 2.17. The van der Waals surface area contributed by atoms with Gasteiger partial charge in [-0.25, -0.2) is 0 Å². The van der Waals surface area contributed by atoms with Crippen molar-refractivity contribution < 1.29 is 14.3 Å². The van der Waals surface area contributed by atoms with Crippen LogP contribution in [0.1, 0.15) is 32.9 Å². The highest BCUT2D eigenvalue weighted by molar-refractivity contribution is 8.00. The number of carbonyl (C=O) groups is 2. The molecule has 3 aromatic rings. The molecule has 0 bridgehead atoms. The van der Waals surface area contributed by atoms with E-state index in [1.807, 2.05) is 69.3 Å². The number of ketones is 1. The number of nitrogens with zero attached hydrogens (tertiary/aromatic N) is 1. The van der Waals surface area contributed by atoms with Crippen molar-refractivity contribution in [3.8, 4) is 0 Å². The number of hydrogen-bond acceptors (Lipinski definition) is 4. The minimum absolute atomic E-state index is 0.174. The standard InChI is InChI=1S/C24H25NO3S/c1-17-9-7-8-12-23(17)29-16-24(27)28-15-22(26)21-13-18(2)25(19(21)3)14-20-10-5-4-6-11-20/h4-13H,14-16H2,1-3H3. The third kappa shape index (κ3) is 5.39. The van der Waals surface area contributed by atoms with Gasteiger partial charge in [0.05, 0.1) is 5.75 Å². The first-order valence-electron chi connectivity index (χ1n) is 9.53. The van der Waals surface area contributed by atoms with Gasteiger partial charge in [0.1, 0.15) is 0 Å². The van der Waals surface area contributed by atoms with Crippen LogP contribution in [-0.4, -0.2) is 28.7 Å². The first-order valence-corrected chi connectivity index (χ1v) is 10.5. The van der Waals surface area contributed by atoms with Gasteiger partial charge in [-0.05, 0) is 44.0 Å². The van der Waals surface area contributed by atoms with Crippen molar-refractivity contribution >= 4 is 23.5 Å². The Labute approximate surface area is 175 Å². The summed E-state index contributed by atoms with van der Waals surface area (Å²) in [6.07, 6.45) is 0. The number of rotatable bonds is 8. The van der Waals surface area contributed by atoms with E-state index in [4.69, 9.17) is 4.74 Å². The lowest BCUT2D eigenvalue weighted by Gasteiger charge is -2.10. The van der Waals surface area contributed by atoms with Gasteiger partial charge in [0.15, 0.2) is 6.61 Å². The van der Waals surface area contributed by atoms with Crippen LogP contribution in [-0.2, 0) is 16.1 Å². The van der Waals surface area contributed by atoms with Gasteiger partial charge in [0, 0.05) is 28.4 Å². The molecule has 29 heavy (non-hydrogen) atoms. The van der Waals surface area contributed by atoms with E-state index >= 15 is 0 Å². The monoisotopic (exact) mass is 407 g/mol. The van der Waals surface area contributed by atoms with E-state index in [0.29, 0.717) is 12.1 Å². The minimum Gasteiger partial charge on any atom is -0.457 e. The van der Waals surface area contributed by atoms with Crippen LogP contribution >= 0.6 is 11.8 Å². The Morgan fingerprint density at radius 1 is 0.966 bits per heavy atom. The van der Waals surface area contributed by atoms with Gasteiger partial charge in [-0.2, -0.15) is 0 Å². The molecule has 0 saturated carbocycles. The maximum atomic E-state index is 12.6. The number of hydrogen-bond donors (Lipinski definition) is 0. The topological polar surface area (TPSA) is 48.3 Å². The first kappa shape index (κ1) is 20.9. The average molecular weight is 408 g/mol. The van der Waals surface area contributed by atoms with Crippen molar-refractivity contribution in [2.24, 2.45) is 0 Å². The number of thioether (sulfide) groups is 1. The van der Waals surface area contributed by atoms with Gasteiger partial charge >= 0.3 is 5.97 Å². The van der Waals surface area contributed by atoms with Gasteiger partial charge in [0.25, 0.3) is 0 Å². The molecular weight excluding hydrogens is 382 g/mol. The van der Waals surface area contributed by atoms with Crippen LogP contribution in [0, 0.1) is 20.8 Å². The van der Waals surface area contributed by atoms with E-state index in [-0.39, 0.29) is 24.1 Å². The molecule has 0 radical (unpaired) electrons. The van der Waals surface area contributed by atoms with E-state index in [2.05, 4.69) is 16.7 Å². The van der Waals surface area contributed by atoms with Gasteiger partial charge in [-0.3, -0.25) is 9.59 Å². The summed E-state index contributed by atoms with van der Waals surface area (Å²) in [6, 6.07) is 19.9. The summed E-state index contributed by atoms with van der Waals surface area (Å²) in [5, 5.41) is 0. The lowest BCUT2D eigenvalue weighted by atomic mass is 10.1. The smallest absolute Gasteiger partial charge is 0.316 e. The van der Waals surface area contributed by atoms with Crippen molar-refractivity contribution in [3.63, 3.8) is 0 Å². The molecule has 2 aromatic carbocycles. The summed E-state index contributed by atoms with van der Waals surface area (Å²) in [5.74, 6) is -0.373. The maximum absolute atomic E-state index is 12.6. The van der Waals surface area contributed by atoms with Crippen molar-refractivity contribution in [3.05, 3.63) is 88.7 Å². The Morgan fingerprint density at radius 3 is 2.38 bits per heavy atom. The summed E-state index contributed by atoms with van der Waals surface area (Å²) < 4.78 is 7.33. The zero-order valence-electron chi connectivity index (χ0n) is 17.0. The normalized spacial score (nSPS) is 10.7. The van der Waals surface area contributed by atoms with Crippen LogP contribution in [0.3, 0.4) is 0 Å². The SMILES string of the molecule is Cc1ccccc1SCC(=O)OCC(=O)c1cc(C)n(Cc2ccccc2)c1C. The Hall–Kier alpha value is -2.79. The van der Waals surface area contributed by atoms with E-state index < -0.39 is 0 Å². The van der Waals surface area contributed by atoms with E-state index in [1.54, 1.807) is 0 Å². The Kier molecular flexibility index (Phi) is 6.94. The number of Topliss-reactive ketones (excluding diaryl/α,β-unsaturated/α-hetero) is 1. The number of ether oxygens (including phenoxy) is 1. The second-order valence-electron chi connectivity index (χ2n) is 6.99. The van der Waals surface area contributed by atoms with Crippen molar-refractivity contribution in [2.45, 2.75) is 32.2 Å². The molecule has 0 amide bonds. The maximum Gasteiger partial charge on any atom is 0.316 e. The van der Waals surface area contributed by atoms with Gasteiger partial charge in [-0.15, -0.1) is 11.8 Å². The number of aryl methyl sites for hydroxylation is 2. The second-order valence-corrected chi connectivity index (χ2v) is 8.01. The van der Waals surface area contributed by atoms with Crippen molar-refractivity contribution in [1.82, 2.24) is 4.57 Å². The summed E-state index contributed by atoms with van der Waals surface area (Å²) in [6.45, 7) is 6.39. The molecular formula is C24H25NO3S. The van der Waals surface area contributed by atoms with Crippen LogP contribution in [0.25, 0.3) is 0 Å². The zero-order valence-corrected chi connectivity index (χ0v) is 17.8. The average Bonchev–Trinajstić information content (AvgIpc) is 3.00. The van der Waals surface area contributed by atoms with Crippen molar-refractivity contribution in [1.29, 1.82) is 0 Å². The minimum atomic E-state index is -0.385. The molecule has 0 fully saturated rings. The van der Waals surface area contributed by atoms with E-state index in [0.717, 1.165) is 21.8 Å². The highest BCUT2D eigenvalue weighted by atomic mass is 32.2. The predicted molar refractivity (Wildman–Crippen MR) is 117 cm³/mol. The van der Waals surface area contributed by atoms with Crippen LogP contribution in [0.4, 0.5) is 0 Å². The Bertz CT molecular complexity index is 1010. The van der Waals surface area contributed by atoms with Crippen LogP contribution in [0.15, 0.2) is 65.6 Å². The Balaban J connectivity index is 1.57. The van der Waals surface area contributed by atoms with Gasteiger partial charge in [0.2, 0.25) is 5.78 Å². The molecule has 0 saturated heterocycles. The molecule has 0 aliphatic carbocycles. The molecule has 3 rings (SSSR count). The number of carbonyl (C=O) groups excluding carboxylic acids is 2. The lowest BCUT2D eigenvalue weighted by Crippen LogP contribution is -2.16. The number of esters is 1. The third-order valence-electron chi connectivity index (χ3n) is 4.86. The predicted octanol–water partition coefficient (Wildman–Crippen LogP) is 4.98. The number of aromatic nitrogens is 1. The first-order chi connectivity index (χ1) is 14.0.